The van der Waals surface area contributed by atoms with Crippen molar-refractivity contribution in [3.63, 3.8) is 0 Å². The molecular weight excluding hydrogens is 496 g/mol. The molecule has 4 unspecified atom stereocenters. The summed E-state index contributed by atoms with van der Waals surface area (Å²) in [6, 6.07) is -1.06. The quantitative estimate of drug-likeness (QED) is 0.143. The number of carbonyl (C=O) groups is 6. The topological polar surface area (TPSA) is 193 Å². The number of unbranched alkanes of at least 4 members (excludes halogenated alkanes) is 1. The van der Waals surface area contributed by atoms with Gasteiger partial charge in [-0.25, -0.2) is 0 Å². The third-order valence-corrected chi connectivity index (χ3v) is 5.04. The predicted molar refractivity (Wildman–Crippen MR) is 124 cm³/mol. The van der Waals surface area contributed by atoms with Gasteiger partial charge in [-0.2, -0.15) is 0 Å². The fourth-order valence-electron chi connectivity index (χ4n) is 3.58. The number of aliphatic carboxylic acids is 1. The SMILES string of the molecule is CC(=O)NC1C(OCCCCC(=O)NCCCC(=O)O)OC(COC(C)=O)[C@H](OC(C)=O)C1OC(C)=O. The number of nitrogens with one attached hydrogen (secondary N) is 2. The van der Waals surface area contributed by atoms with Gasteiger partial charge in [0.2, 0.25) is 11.8 Å². The van der Waals surface area contributed by atoms with E-state index >= 15 is 0 Å². The van der Waals surface area contributed by atoms with Gasteiger partial charge in [0.05, 0.1) is 0 Å². The Hall–Kier alpha value is -3.26. The van der Waals surface area contributed by atoms with E-state index in [2.05, 4.69) is 10.6 Å². The standard InChI is InChI=1S/C23H36N2O12/c1-13(26)25-20-22(36-16(4)29)21(35-15(3)28)17(12-34-14(2)27)37-23(20)33-11-6-5-8-18(30)24-10-7-9-19(31)32/h17,20-23H,5-12H2,1-4H3,(H,24,30)(H,25,26)(H,31,32)/t17?,20?,21-,22?,23?/m0/s1. The molecule has 0 aromatic carbocycles. The largest absolute Gasteiger partial charge is 0.481 e. The number of rotatable bonds is 15. The number of amides is 2. The molecule has 1 rings (SSSR count). The molecule has 5 atom stereocenters. The van der Waals surface area contributed by atoms with Crippen molar-refractivity contribution in [3.05, 3.63) is 0 Å². The Morgan fingerprint density at radius 1 is 0.838 bits per heavy atom. The molecule has 0 aromatic heterocycles. The summed E-state index contributed by atoms with van der Waals surface area (Å²) in [4.78, 5) is 69.2. The van der Waals surface area contributed by atoms with Crippen molar-refractivity contribution < 1.29 is 57.6 Å². The first-order chi connectivity index (χ1) is 17.4. The van der Waals surface area contributed by atoms with E-state index in [-0.39, 0.29) is 38.5 Å². The van der Waals surface area contributed by atoms with E-state index < -0.39 is 60.4 Å². The van der Waals surface area contributed by atoms with E-state index in [4.69, 9.17) is 28.8 Å². The number of esters is 3. The summed E-state index contributed by atoms with van der Waals surface area (Å²) in [7, 11) is 0. The molecule has 1 aliphatic rings. The second-order valence-corrected chi connectivity index (χ2v) is 8.40. The van der Waals surface area contributed by atoms with Crippen LogP contribution < -0.4 is 10.6 Å². The summed E-state index contributed by atoms with van der Waals surface area (Å²) in [5.74, 6) is -3.68. The lowest BCUT2D eigenvalue weighted by atomic mass is 9.96. The molecule has 14 nitrogen and oxygen atoms in total. The highest BCUT2D eigenvalue weighted by molar-refractivity contribution is 5.76. The van der Waals surface area contributed by atoms with Crippen LogP contribution in [0.3, 0.4) is 0 Å². The van der Waals surface area contributed by atoms with Crippen molar-refractivity contribution in [3.8, 4) is 0 Å². The summed E-state index contributed by atoms with van der Waals surface area (Å²) < 4.78 is 27.4. The van der Waals surface area contributed by atoms with Crippen molar-refractivity contribution in [2.24, 2.45) is 0 Å². The fourth-order valence-corrected chi connectivity index (χ4v) is 3.58. The Morgan fingerprint density at radius 3 is 2.05 bits per heavy atom. The molecule has 3 N–H and O–H groups in total. The van der Waals surface area contributed by atoms with Gasteiger partial charge in [0, 0.05) is 53.7 Å². The highest BCUT2D eigenvalue weighted by Crippen LogP contribution is 2.28. The minimum atomic E-state index is -1.21. The van der Waals surface area contributed by atoms with E-state index in [1.54, 1.807) is 0 Å². The molecule has 1 saturated heterocycles. The molecule has 0 aromatic rings. The summed E-state index contributed by atoms with van der Waals surface area (Å²) in [5.41, 5.74) is 0. The van der Waals surface area contributed by atoms with E-state index in [0.29, 0.717) is 19.3 Å². The lowest BCUT2D eigenvalue weighted by molar-refractivity contribution is -0.277. The highest BCUT2D eigenvalue weighted by Gasteiger charge is 2.51. The van der Waals surface area contributed by atoms with Crippen LogP contribution in [-0.4, -0.2) is 91.2 Å². The highest BCUT2D eigenvalue weighted by atomic mass is 16.7. The Kier molecular flexibility index (Phi) is 14.1. The molecule has 37 heavy (non-hydrogen) atoms. The summed E-state index contributed by atoms with van der Waals surface area (Å²) >= 11 is 0. The van der Waals surface area contributed by atoms with Crippen LogP contribution in [0, 0.1) is 0 Å². The van der Waals surface area contributed by atoms with E-state index in [9.17, 15) is 28.8 Å². The maximum Gasteiger partial charge on any atom is 0.303 e. The average Bonchev–Trinajstić information content (AvgIpc) is 2.77. The van der Waals surface area contributed by atoms with E-state index in [1.165, 1.54) is 13.8 Å². The molecule has 210 valence electrons. The zero-order chi connectivity index (χ0) is 28.0. The normalized spacial score (nSPS) is 22.9. The van der Waals surface area contributed by atoms with Gasteiger partial charge in [0.1, 0.15) is 18.8 Å². The summed E-state index contributed by atoms with van der Waals surface area (Å²) in [5, 5.41) is 13.8. The van der Waals surface area contributed by atoms with Gasteiger partial charge < -0.3 is 39.4 Å². The van der Waals surface area contributed by atoms with Gasteiger partial charge in [-0.15, -0.1) is 0 Å². The third-order valence-electron chi connectivity index (χ3n) is 5.04. The lowest BCUT2D eigenvalue weighted by Gasteiger charge is -2.44. The number of carboxylic acids is 1. The Balaban J connectivity index is 2.84. The molecule has 0 radical (unpaired) electrons. The van der Waals surface area contributed by atoms with Gasteiger partial charge in [-0.05, 0) is 19.3 Å². The monoisotopic (exact) mass is 532 g/mol. The molecule has 2 amide bonds. The first-order valence-corrected chi connectivity index (χ1v) is 11.9. The molecule has 0 saturated carbocycles. The summed E-state index contributed by atoms with van der Waals surface area (Å²) in [6.07, 6.45) is -3.28. The molecule has 0 spiro atoms. The van der Waals surface area contributed by atoms with Crippen molar-refractivity contribution in [2.75, 3.05) is 19.8 Å². The Morgan fingerprint density at radius 2 is 1.49 bits per heavy atom. The number of hydrogen-bond acceptors (Lipinski definition) is 11. The molecule has 1 heterocycles. The van der Waals surface area contributed by atoms with Crippen molar-refractivity contribution >= 4 is 35.7 Å². The van der Waals surface area contributed by atoms with E-state index in [0.717, 1.165) is 13.8 Å². The predicted octanol–water partition coefficient (Wildman–Crippen LogP) is -0.190. The van der Waals surface area contributed by atoms with Crippen molar-refractivity contribution in [1.82, 2.24) is 10.6 Å². The van der Waals surface area contributed by atoms with Gasteiger partial charge in [-0.3, -0.25) is 28.8 Å². The van der Waals surface area contributed by atoms with Crippen LogP contribution in [0.2, 0.25) is 0 Å². The van der Waals surface area contributed by atoms with Gasteiger partial charge >= 0.3 is 23.9 Å². The van der Waals surface area contributed by atoms with Crippen LogP contribution in [0.15, 0.2) is 0 Å². The number of carboxylic acid groups (broad SMARTS) is 1. The molecule has 0 bridgehead atoms. The molecule has 1 fully saturated rings. The minimum Gasteiger partial charge on any atom is -0.481 e. The van der Waals surface area contributed by atoms with E-state index in [1.807, 2.05) is 0 Å². The Labute approximate surface area is 214 Å². The zero-order valence-corrected chi connectivity index (χ0v) is 21.5. The summed E-state index contributed by atoms with van der Waals surface area (Å²) in [6.45, 7) is 4.74. The van der Waals surface area contributed by atoms with Crippen LogP contribution >= 0.6 is 0 Å². The first-order valence-electron chi connectivity index (χ1n) is 11.9. The van der Waals surface area contributed by atoms with Gasteiger partial charge in [0.15, 0.2) is 18.5 Å². The molecule has 0 aliphatic carbocycles. The van der Waals surface area contributed by atoms with Gasteiger partial charge in [-0.1, -0.05) is 0 Å². The van der Waals surface area contributed by atoms with Crippen LogP contribution in [0.25, 0.3) is 0 Å². The van der Waals surface area contributed by atoms with Crippen LogP contribution in [-0.2, 0) is 52.5 Å². The molecule has 14 heteroatoms. The smallest absolute Gasteiger partial charge is 0.303 e. The van der Waals surface area contributed by atoms with Crippen LogP contribution in [0.1, 0.15) is 59.8 Å². The fraction of sp³-hybridized carbons (Fsp3) is 0.739. The lowest BCUT2D eigenvalue weighted by Crippen LogP contribution is -2.66. The second-order valence-electron chi connectivity index (χ2n) is 8.40. The molecule has 1 aliphatic heterocycles. The number of carbonyl (C=O) groups excluding carboxylic acids is 5. The van der Waals surface area contributed by atoms with Crippen molar-refractivity contribution in [2.45, 2.75) is 90.4 Å². The maximum atomic E-state index is 11.9. The minimum absolute atomic E-state index is 0.0317. The van der Waals surface area contributed by atoms with Gasteiger partial charge in [0.25, 0.3) is 0 Å². The number of hydrogen-bond donors (Lipinski definition) is 3. The first kappa shape index (κ1) is 31.8. The van der Waals surface area contributed by atoms with Crippen LogP contribution in [0.4, 0.5) is 0 Å². The van der Waals surface area contributed by atoms with Crippen LogP contribution in [0.5, 0.6) is 0 Å². The second kappa shape index (κ2) is 16.5. The Bertz CT molecular complexity index is 818. The molecular formula is C23H36N2O12. The zero-order valence-electron chi connectivity index (χ0n) is 21.5. The maximum absolute atomic E-state index is 11.9. The average molecular weight is 533 g/mol. The third kappa shape index (κ3) is 13.0. The number of ether oxygens (including phenoxy) is 5. The van der Waals surface area contributed by atoms with Crippen molar-refractivity contribution in [1.29, 1.82) is 0 Å².